The molecular formula is C9H15N5O. The van der Waals surface area contributed by atoms with Gasteiger partial charge in [0.15, 0.2) is 5.82 Å². The van der Waals surface area contributed by atoms with Crippen LogP contribution in [0.2, 0.25) is 0 Å². The minimum absolute atomic E-state index is 0.179. The zero-order valence-corrected chi connectivity index (χ0v) is 8.81. The van der Waals surface area contributed by atoms with Gasteiger partial charge < -0.3 is 14.8 Å². The third-order valence-electron chi connectivity index (χ3n) is 2.58. The van der Waals surface area contributed by atoms with E-state index in [1.807, 2.05) is 16.5 Å². The number of hydrogen-bond acceptors (Lipinski definition) is 4. The fourth-order valence-corrected chi connectivity index (χ4v) is 1.67. The molecule has 1 amide bonds. The van der Waals surface area contributed by atoms with E-state index in [4.69, 9.17) is 0 Å². The number of amides is 1. The molecule has 0 radical (unpaired) electrons. The Morgan fingerprint density at radius 1 is 1.60 bits per heavy atom. The second-order valence-corrected chi connectivity index (χ2v) is 3.61. The van der Waals surface area contributed by atoms with Crippen molar-refractivity contribution in [2.75, 3.05) is 20.1 Å². The van der Waals surface area contributed by atoms with Crippen molar-refractivity contribution in [1.82, 2.24) is 25.0 Å². The molecule has 0 aromatic carbocycles. The van der Waals surface area contributed by atoms with Crippen LogP contribution in [0.4, 0.5) is 0 Å². The molecule has 0 spiro atoms. The zero-order valence-electron chi connectivity index (χ0n) is 8.81. The maximum absolute atomic E-state index is 11.7. The third-order valence-corrected chi connectivity index (χ3v) is 2.58. The first-order valence-corrected chi connectivity index (χ1v) is 5.10. The lowest BCUT2D eigenvalue weighted by Gasteiger charge is -2.27. The molecule has 0 atom stereocenters. The van der Waals surface area contributed by atoms with Crippen LogP contribution >= 0.6 is 0 Å². The summed E-state index contributed by atoms with van der Waals surface area (Å²) in [5.74, 6) is 1.05. The number of aromatic nitrogens is 3. The molecule has 1 aromatic rings. The summed E-state index contributed by atoms with van der Waals surface area (Å²) in [5, 5.41) is 10.8. The van der Waals surface area contributed by atoms with E-state index >= 15 is 0 Å². The highest BCUT2D eigenvalue weighted by atomic mass is 16.2. The molecule has 82 valence electrons. The number of hydrogen-bond donors (Lipinski definition) is 1. The van der Waals surface area contributed by atoms with Gasteiger partial charge in [0.1, 0.15) is 6.33 Å². The third kappa shape index (κ3) is 2.15. The number of nitrogens with one attached hydrogen (secondary N) is 1. The Kier molecular flexibility index (Phi) is 2.96. The monoisotopic (exact) mass is 209 g/mol. The average molecular weight is 209 g/mol. The van der Waals surface area contributed by atoms with Gasteiger partial charge in [-0.2, -0.15) is 0 Å². The van der Waals surface area contributed by atoms with Gasteiger partial charge >= 0.3 is 0 Å². The molecular weight excluding hydrogens is 194 g/mol. The number of rotatable bonds is 3. The van der Waals surface area contributed by atoms with E-state index in [0.29, 0.717) is 13.0 Å². The Bertz CT molecular complexity index is 348. The molecule has 2 rings (SSSR count). The van der Waals surface area contributed by atoms with Crippen LogP contribution in [0.5, 0.6) is 0 Å². The first-order chi connectivity index (χ1) is 7.31. The summed E-state index contributed by atoms with van der Waals surface area (Å²) in [5.41, 5.74) is 0. The summed E-state index contributed by atoms with van der Waals surface area (Å²) in [6.45, 7) is 2.87. The van der Waals surface area contributed by atoms with Crippen LogP contribution in [-0.2, 0) is 17.9 Å². The Balaban J connectivity index is 1.94. The molecule has 0 saturated carbocycles. The largest absolute Gasteiger partial charge is 0.333 e. The molecule has 2 heterocycles. The van der Waals surface area contributed by atoms with Gasteiger partial charge in [0.2, 0.25) is 5.91 Å². The predicted octanol–water partition coefficient (Wildman–Crippen LogP) is -0.770. The van der Waals surface area contributed by atoms with Crippen LogP contribution in [0, 0.1) is 0 Å². The van der Waals surface area contributed by atoms with Crippen molar-refractivity contribution in [3.05, 3.63) is 12.2 Å². The normalized spacial score (nSPS) is 15.1. The van der Waals surface area contributed by atoms with Crippen LogP contribution in [0.15, 0.2) is 6.33 Å². The zero-order chi connectivity index (χ0) is 10.7. The van der Waals surface area contributed by atoms with Crippen LogP contribution in [0.25, 0.3) is 0 Å². The van der Waals surface area contributed by atoms with Gasteiger partial charge in [-0.1, -0.05) is 0 Å². The van der Waals surface area contributed by atoms with E-state index in [9.17, 15) is 4.79 Å². The van der Waals surface area contributed by atoms with Gasteiger partial charge in [0, 0.05) is 26.1 Å². The second kappa shape index (κ2) is 4.39. The predicted molar refractivity (Wildman–Crippen MR) is 54.0 cm³/mol. The molecule has 0 saturated heterocycles. The minimum atomic E-state index is 0.179. The average Bonchev–Trinajstić information content (AvgIpc) is 2.72. The molecule has 1 aromatic heterocycles. The highest BCUT2D eigenvalue weighted by Gasteiger charge is 2.20. The van der Waals surface area contributed by atoms with E-state index in [-0.39, 0.29) is 5.91 Å². The lowest BCUT2D eigenvalue weighted by atomic mass is 10.3. The lowest BCUT2D eigenvalue weighted by molar-refractivity contribution is -0.132. The topological polar surface area (TPSA) is 63.1 Å². The maximum Gasteiger partial charge on any atom is 0.224 e. The van der Waals surface area contributed by atoms with Crippen molar-refractivity contribution in [1.29, 1.82) is 0 Å². The molecule has 1 aliphatic rings. The van der Waals surface area contributed by atoms with Gasteiger partial charge in [0.25, 0.3) is 0 Å². The molecule has 1 N–H and O–H groups in total. The molecule has 15 heavy (non-hydrogen) atoms. The fraction of sp³-hybridized carbons (Fsp3) is 0.667. The van der Waals surface area contributed by atoms with E-state index in [1.165, 1.54) is 0 Å². The molecule has 0 bridgehead atoms. The highest BCUT2D eigenvalue weighted by Crippen LogP contribution is 2.09. The summed E-state index contributed by atoms with van der Waals surface area (Å²) >= 11 is 0. The molecule has 6 heteroatoms. The maximum atomic E-state index is 11.7. The van der Waals surface area contributed by atoms with Crippen molar-refractivity contribution < 1.29 is 4.79 Å². The van der Waals surface area contributed by atoms with Gasteiger partial charge in [0.05, 0.1) is 6.54 Å². The number of nitrogens with zero attached hydrogens (tertiary/aromatic N) is 4. The van der Waals surface area contributed by atoms with E-state index in [2.05, 4.69) is 15.5 Å². The summed E-state index contributed by atoms with van der Waals surface area (Å²) in [6.07, 6.45) is 2.26. The Morgan fingerprint density at radius 3 is 3.27 bits per heavy atom. The summed E-state index contributed by atoms with van der Waals surface area (Å²) in [6, 6.07) is 0. The minimum Gasteiger partial charge on any atom is -0.333 e. The summed E-state index contributed by atoms with van der Waals surface area (Å²) < 4.78 is 1.99. The van der Waals surface area contributed by atoms with Gasteiger partial charge in [-0.3, -0.25) is 4.79 Å². The van der Waals surface area contributed by atoms with Crippen LogP contribution in [-0.4, -0.2) is 45.7 Å². The van der Waals surface area contributed by atoms with Crippen molar-refractivity contribution in [2.45, 2.75) is 19.5 Å². The van der Waals surface area contributed by atoms with Crippen molar-refractivity contribution in [3.8, 4) is 0 Å². The molecule has 0 unspecified atom stereocenters. The molecule has 1 aliphatic heterocycles. The molecule has 6 nitrogen and oxygen atoms in total. The number of fused-ring (bicyclic) bond motifs is 1. The number of carbonyl (C=O) groups is 1. The van der Waals surface area contributed by atoms with E-state index in [0.717, 1.165) is 25.5 Å². The van der Waals surface area contributed by atoms with Crippen molar-refractivity contribution in [2.24, 2.45) is 0 Å². The quantitative estimate of drug-likeness (QED) is 0.710. The smallest absolute Gasteiger partial charge is 0.224 e. The SMILES string of the molecule is CNCCC(=O)N1CCn2cnnc2C1. The van der Waals surface area contributed by atoms with Crippen LogP contribution in [0.1, 0.15) is 12.2 Å². The van der Waals surface area contributed by atoms with E-state index in [1.54, 1.807) is 6.33 Å². The Labute approximate surface area is 88.3 Å². The first-order valence-electron chi connectivity index (χ1n) is 5.10. The van der Waals surface area contributed by atoms with Crippen LogP contribution < -0.4 is 5.32 Å². The highest BCUT2D eigenvalue weighted by molar-refractivity contribution is 5.76. The molecule has 0 aliphatic carbocycles. The first kappa shape index (κ1) is 10.1. The van der Waals surface area contributed by atoms with Gasteiger partial charge in [-0.15, -0.1) is 10.2 Å². The second-order valence-electron chi connectivity index (χ2n) is 3.61. The van der Waals surface area contributed by atoms with Crippen LogP contribution in [0.3, 0.4) is 0 Å². The van der Waals surface area contributed by atoms with Gasteiger partial charge in [-0.25, -0.2) is 0 Å². The molecule has 0 fully saturated rings. The Hall–Kier alpha value is -1.43. The van der Waals surface area contributed by atoms with E-state index < -0.39 is 0 Å². The summed E-state index contributed by atoms with van der Waals surface area (Å²) in [7, 11) is 1.85. The summed E-state index contributed by atoms with van der Waals surface area (Å²) in [4.78, 5) is 13.6. The Morgan fingerprint density at radius 2 is 2.47 bits per heavy atom. The van der Waals surface area contributed by atoms with Crippen molar-refractivity contribution in [3.63, 3.8) is 0 Å². The van der Waals surface area contributed by atoms with Crippen molar-refractivity contribution >= 4 is 5.91 Å². The lowest BCUT2D eigenvalue weighted by Crippen LogP contribution is -2.39. The number of carbonyl (C=O) groups excluding carboxylic acids is 1. The van der Waals surface area contributed by atoms with Gasteiger partial charge in [-0.05, 0) is 7.05 Å². The fourth-order valence-electron chi connectivity index (χ4n) is 1.67. The standard InChI is InChI=1S/C9H15N5O/c1-10-3-2-9(15)13-4-5-14-7-11-12-8(14)6-13/h7,10H,2-6H2,1H3.